The summed E-state index contributed by atoms with van der Waals surface area (Å²) in [6.07, 6.45) is -0.172. The van der Waals surface area contributed by atoms with Crippen LogP contribution in [0.15, 0.2) is 42.5 Å². The van der Waals surface area contributed by atoms with Gasteiger partial charge in [-0.2, -0.15) is 0 Å². The van der Waals surface area contributed by atoms with E-state index in [9.17, 15) is 5.11 Å². The minimum absolute atomic E-state index is 0.476. The Labute approximate surface area is 121 Å². The molecule has 0 heterocycles. The predicted octanol–water partition coefficient (Wildman–Crippen LogP) is 4.92. The summed E-state index contributed by atoms with van der Waals surface area (Å²) in [5.74, 6) is 0. The lowest BCUT2D eigenvalue weighted by atomic mass is 10.0. The van der Waals surface area contributed by atoms with E-state index in [2.05, 4.69) is 0 Å². The molecule has 0 saturated heterocycles. The lowest BCUT2D eigenvalue weighted by Crippen LogP contribution is -2.02. The van der Waals surface area contributed by atoms with Gasteiger partial charge in [0.2, 0.25) is 0 Å². The van der Waals surface area contributed by atoms with Crippen molar-refractivity contribution in [2.24, 2.45) is 0 Å². The molecule has 2 aromatic rings. The second-order valence-corrected chi connectivity index (χ2v) is 5.29. The summed E-state index contributed by atoms with van der Waals surface area (Å²) in [4.78, 5) is 0. The minimum atomic E-state index is -0.657. The van der Waals surface area contributed by atoms with Gasteiger partial charge in [-0.1, -0.05) is 53.0 Å². The van der Waals surface area contributed by atoms with Crippen molar-refractivity contribution in [3.8, 4) is 0 Å². The van der Waals surface area contributed by atoms with Gasteiger partial charge in [0.1, 0.15) is 0 Å². The summed E-state index contributed by atoms with van der Waals surface area (Å²) >= 11 is 17.7. The summed E-state index contributed by atoms with van der Waals surface area (Å²) in [6, 6.07) is 12.5. The molecule has 0 fully saturated rings. The van der Waals surface area contributed by atoms with Crippen LogP contribution in [0, 0.1) is 0 Å². The van der Waals surface area contributed by atoms with E-state index >= 15 is 0 Å². The first-order valence-electron chi connectivity index (χ1n) is 5.44. The number of hydrogen-bond acceptors (Lipinski definition) is 1. The standard InChI is InChI=1S/C14H11Cl3O/c15-10-3-1-9(2-4-10)7-14(18)12-6-5-11(16)8-13(12)17/h1-6,8,14,18H,7H2. The zero-order chi connectivity index (χ0) is 13.1. The van der Waals surface area contributed by atoms with Gasteiger partial charge in [-0.15, -0.1) is 0 Å². The molecule has 2 rings (SSSR count). The maximum atomic E-state index is 10.2. The van der Waals surface area contributed by atoms with Crippen LogP contribution in [0.5, 0.6) is 0 Å². The van der Waals surface area contributed by atoms with E-state index in [0.29, 0.717) is 27.1 Å². The Hall–Kier alpha value is -0.730. The third kappa shape index (κ3) is 3.39. The highest BCUT2D eigenvalue weighted by Crippen LogP contribution is 2.28. The van der Waals surface area contributed by atoms with Crippen LogP contribution in [0.4, 0.5) is 0 Å². The van der Waals surface area contributed by atoms with Gasteiger partial charge in [0.05, 0.1) is 6.10 Å². The molecule has 4 heteroatoms. The van der Waals surface area contributed by atoms with Crippen LogP contribution < -0.4 is 0 Å². The van der Waals surface area contributed by atoms with Crippen molar-refractivity contribution >= 4 is 34.8 Å². The van der Waals surface area contributed by atoms with Crippen LogP contribution in [-0.2, 0) is 6.42 Å². The first-order valence-corrected chi connectivity index (χ1v) is 6.57. The molecule has 0 amide bonds. The van der Waals surface area contributed by atoms with E-state index in [1.54, 1.807) is 30.3 Å². The van der Waals surface area contributed by atoms with Crippen molar-refractivity contribution in [2.45, 2.75) is 12.5 Å². The molecule has 0 aromatic heterocycles. The molecule has 0 aliphatic rings. The molecule has 1 atom stereocenters. The highest BCUT2D eigenvalue weighted by Gasteiger charge is 2.12. The van der Waals surface area contributed by atoms with E-state index in [1.165, 1.54) is 0 Å². The molecule has 0 saturated carbocycles. The second-order valence-electron chi connectivity index (χ2n) is 4.01. The Bertz CT molecular complexity index is 537. The SMILES string of the molecule is OC(Cc1ccc(Cl)cc1)c1ccc(Cl)cc1Cl. The first kappa shape index (κ1) is 13.7. The summed E-state index contributed by atoms with van der Waals surface area (Å²) in [7, 11) is 0. The van der Waals surface area contributed by atoms with E-state index in [1.807, 2.05) is 12.1 Å². The fourth-order valence-electron chi connectivity index (χ4n) is 1.73. The van der Waals surface area contributed by atoms with Crippen molar-refractivity contribution in [3.05, 3.63) is 68.7 Å². The molecule has 0 spiro atoms. The van der Waals surface area contributed by atoms with Crippen molar-refractivity contribution in [3.63, 3.8) is 0 Å². The van der Waals surface area contributed by atoms with Crippen LogP contribution >= 0.6 is 34.8 Å². The molecule has 18 heavy (non-hydrogen) atoms. The van der Waals surface area contributed by atoms with Crippen molar-refractivity contribution in [2.75, 3.05) is 0 Å². The zero-order valence-electron chi connectivity index (χ0n) is 9.41. The molecule has 0 aliphatic heterocycles. The first-order chi connectivity index (χ1) is 8.56. The number of rotatable bonds is 3. The molecular weight excluding hydrogens is 291 g/mol. The van der Waals surface area contributed by atoms with E-state index in [-0.39, 0.29) is 0 Å². The molecule has 1 unspecified atom stereocenters. The lowest BCUT2D eigenvalue weighted by molar-refractivity contribution is 0.178. The Morgan fingerprint density at radius 3 is 2.11 bits per heavy atom. The fourth-order valence-corrected chi connectivity index (χ4v) is 2.39. The van der Waals surface area contributed by atoms with Gasteiger partial charge >= 0.3 is 0 Å². The van der Waals surface area contributed by atoms with E-state index in [0.717, 1.165) is 5.56 Å². The number of aliphatic hydroxyl groups excluding tert-OH is 1. The molecule has 2 aromatic carbocycles. The van der Waals surface area contributed by atoms with Gasteiger partial charge in [0.15, 0.2) is 0 Å². The highest BCUT2D eigenvalue weighted by atomic mass is 35.5. The van der Waals surface area contributed by atoms with Crippen LogP contribution in [0.2, 0.25) is 15.1 Å². The van der Waals surface area contributed by atoms with Crippen molar-refractivity contribution in [1.82, 2.24) is 0 Å². The van der Waals surface area contributed by atoms with Gasteiger partial charge in [-0.05, 0) is 35.4 Å². The van der Waals surface area contributed by atoms with Crippen molar-refractivity contribution < 1.29 is 5.11 Å². The Morgan fingerprint density at radius 2 is 1.50 bits per heavy atom. The molecular formula is C14H11Cl3O. The van der Waals surface area contributed by atoms with Crippen molar-refractivity contribution in [1.29, 1.82) is 0 Å². The minimum Gasteiger partial charge on any atom is -0.388 e. The molecule has 1 N–H and O–H groups in total. The van der Waals surface area contributed by atoms with Crippen LogP contribution in [0.1, 0.15) is 17.2 Å². The summed E-state index contributed by atoms with van der Waals surface area (Å²) in [5, 5.41) is 11.9. The van der Waals surface area contributed by atoms with Crippen LogP contribution in [0.25, 0.3) is 0 Å². The average Bonchev–Trinajstić information content (AvgIpc) is 2.32. The molecule has 0 bridgehead atoms. The number of aliphatic hydroxyl groups is 1. The van der Waals surface area contributed by atoms with Gasteiger partial charge in [-0.3, -0.25) is 0 Å². The maximum Gasteiger partial charge on any atom is 0.0844 e. The topological polar surface area (TPSA) is 20.2 Å². The zero-order valence-corrected chi connectivity index (χ0v) is 11.7. The number of halogens is 3. The van der Waals surface area contributed by atoms with E-state index < -0.39 is 6.10 Å². The predicted molar refractivity (Wildman–Crippen MR) is 76.6 cm³/mol. The Kier molecular flexibility index (Phi) is 4.52. The maximum absolute atomic E-state index is 10.2. The monoisotopic (exact) mass is 300 g/mol. The third-order valence-electron chi connectivity index (χ3n) is 2.66. The van der Waals surface area contributed by atoms with Crippen LogP contribution in [-0.4, -0.2) is 5.11 Å². The smallest absolute Gasteiger partial charge is 0.0844 e. The fraction of sp³-hybridized carbons (Fsp3) is 0.143. The highest BCUT2D eigenvalue weighted by molar-refractivity contribution is 6.35. The lowest BCUT2D eigenvalue weighted by Gasteiger charge is -2.13. The second kappa shape index (κ2) is 5.94. The summed E-state index contributed by atoms with van der Waals surface area (Å²) < 4.78 is 0. The van der Waals surface area contributed by atoms with Gasteiger partial charge < -0.3 is 5.11 Å². The average molecular weight is 302 g/mol. The molecule has 94 valence electrons. The molecule has 0 radical (unpaired) electrons. The van der Waals surface area contributed by atoms with Crippen LogP contribution in [0.3, 0.4) is 0 Å². The number of hydrogen-bond donors (Lipinski definition) is 1. The quantitative estimate of drug-likeness (QED) is 0.853. The largest absolute Gasteiger partial charge is 0.388 e. The summed E-state index contributed by atoms with van der Waals surface area (Å²) in [6.45, 7) is 0. The molecule has 0 aliphatic carbocycles. The normalized spacial score (nSPS) is 12.4. The van der Waals surface area contributed by atoms with Gasteiger partial charge in [0.25, 0.3) is 0 Å². The van der Waals surface area contributed by atoms with Gasteiger partial charge in [0, 0.05) is 21.5 Å². The number of benzene rings is 2. The Morgan fingerprint density at radius 1 is 0.889 bits per heavy atom. The summed E-state index contributed by atoms with van der Waals surface area (Å²) in [5.41, 5.74) is 1.67. The third-order valence-corrected chi connectivity index (χ3v) is 3.48. The van der Waals surface area contributed by atoms with E-state index in [4.69, 9.17) is 34.8 Å². The Balaban J connectivity index is 2.16. The van der Waals surface area contributed by atoms with Gasteiger partial charge in [-0.25, -0.2) is 0 Å². The molecule has 1 nitrogen and oxygen atoms in total.